The molecule has 112 valence electrons. The lowest BCUT2D eigenvalue weighted by Gasteiger charge is -2.34. The van der Waals surface area contributed by atoms with Gasteiger partial charge in [-0.1, -0.05) is 17.7 Å². The number of benzene rings is 1. The third-order valence-corrected chi connectivity index (χ3v) is 5.62. The Balaban J connectivity index is 2.30. The van der Waals surface area contributed by atoms with Crippen LogP contribution in [0.3, 0.4) is 0 Å². The zero-order valence-corrected chi connectivity index (χ0v) is 12.9. The van der Waals surface area contributed by atoms with Gasteiger partial charge in [-0.3, -0.25) is 0 Å². The molecule has 0 spiro atoms. The molecule has 0 atom stereocenters. The van der Waals surface area contributed by atoms with Crippen LogP contribution in [0.2, 0.25) is 5.02 Å². The maximum atomic E-state index is 12.5. The highest BCUT2D eigenvalue weighted by Crippen LogP contribution is 2.27. The van der Waals surface area contributed by atoms with E-state index < -0.39 is 15.6 Å². The second kappa shape index (κ2) is 5.99. The van der Waals surface area contributed by atoms with Crippen molar-refractivity contribution in [1.82, 2.24) is 4.72 Å². The van der Waals surface area contributed by atoms with E-state index in [-0.39, 0.29) is 16.5 Å². The van der Waals surface area contributed by atoms with Crippen molar-refractivity contribution in [2.24, 2.45) is 5.73 Å². The molecular weight excluding hydrogens is 300 g/mol. The van der Waals surface area contributed by atoms with Gasteiger partial charge in [0.2, 0.25) is 10.0 Å². The number of halogens is 1. The fraction of sp³-hybridized carbons (Fsp3) is 0.538. The summed E-state index contributed by atoms with van der Waals surface area (Å²) in [5.41, 5.74) is 5.78. The molecule has 0 aromatic heterocycles. The van der Waals surface area contributed by atoms with Crippen LogP contribution in [-0.2, 0) is 21.3 Å². The van der Waals surface area contributed by atoms with Gasteiger partial charge < -0.3 is 10.5 Å². The third kappa shape index (κ3) is 3.51. The molecule has 1 aromatic carbocycles. The summed E-state index contributed by atoms with van der Waals surface area (Å²) in [6.07, 6.45) is 1.28. The van der Waals surface area contributed by atoms with Crippen LogP contribution in [0.5, 0.6) is 0 Å². The van der Waals surface area contributed by atoms with E-state index in [1.54, 1.807) is 12.1 Å². The molecule has 1 aromatic rings. The fourth-order valence-corrected chi connectivity index (χ4v) is 4.20. The smallest absolute Gasteiger partial charge is 0.242 e. The van der Waals surface area contributed by atoms with Gasteiger partial charge in [0.15, 0.2) is 0 Å². The van der Waals surface area contributed by atoms with Crippen LogP contribution in [0.4, 0.5) is 0 Å². The number of nitrogens with one attached hydrogen (secondary N) is 1. The quantitative estimate of drug-likeness (QED) is 0.884. The van der Waals surface area contributed by atoms with E-state index in [9.17, 15) is 8.42 Å². The molecule has 1 aliphatic rings. The summed E-state index contributed by atoms with van der Waals surface area (Å²) in [4.78, 5) is 0.0785. The maximum Gasteiger partial charge on any atom is 0.242 e. The monoisotopic (exact) mass is 318 g/mol. The van der Waals surface area contributed by atoms with Crippen LogP contribution in [0.15, 0.2) is 23.1 Å². The molecule has 2 rings (SSSR count). The number of hydrogen-bond donors (Lipinski definition) is 2. The molecule has 20 heavy (non-hydrogen) atoms. The topological polar surface area (TPSA) is 81.4 Å². The van der Waals surface area contributed by atoms with Gasteiger partial charge in [0.1, 0.15) is 4.90 Å². The van der Waals surface area contributed by atoms with Gasteiger partial charge >= 0.3 is 0 Å². The zero-order valence-electron chi connectivity index (χ0n) is 11.4. The molecule has 0 amide bonds. The zero-order chi connectivity index (χ0) is 14.8. The minimum atomic E-state index is -3.67. The molecule has 1 aliphatic heterocycles. The van der Waals surface area contributed by atoms with Crippen molar-refractivity contribution in [3.63, 3.8) is 0 Å². The lowest BCUT2D eigenvalue weighted by atomic mass is 9.94. The van der Waals surface area contributed by atoms with Crippen LogP contribution in [0.1, 0.15) is 25.3 Å². The Morgan fingerprint density at radius 1 is 1.40 bits per heavy atom. The lowest BCUT2D eigenvalue weighted by Crippen LogP contribution is -2.49. The Morgan fingerprint density at radius 3 is 2.65 bits per heavy atom. The molecular formula is C13H19ClN2O3S. The van der Waals surface area contributed by atoms with E-state index in [1.807, 2.05) is 6.92 Å². The van der Waals surface area contributed by atoms with Crippen molar-refractivity contribution in [3.05, 3.63) is 28.8 Å². The van der Waals surface area contributed by atoms with Crippen LogP contribution >= 0.6 is 11.6 Å². The van der Waals surface area contributed by atoms with Crippen molar-refractivity contribution in [2.45, 2.75) is 36.7 Å². The van der Waals surface area contributed by atoms with Crippen LogP contribution < -0.4 is 10.5 Å². The van der Waals surface area contributed by atoms with E-state index in [4.69, 9.17) is 22.1 Å². The molecule has 5 nitrogen and oxygen atoms in total. The Bertz CT molecular complexity index is 583. The summed E-state index contributed by atoms with van der Waals surface area (Å²) < 4.78 is 33.0. The van der Waals surface area contributed by atoms with Crippen molar-refractivity contribution in [1.29, 1.82) is 0 Å². The first-order chi connectivity index (χ1) is 9.36. The third-order valence-electron chi connectivity index (χ3n) is 3.50. The average Bonchev–Trinajstić information content (AvgIpc) is 2.38. The second-order valence-corrected chi connectivity index (χ2v) is 7.31. The second-order valence-electron chi connectivity index (χ2n) is 5.25. The Labute approximate surface area is 124 Å². The van der Waals surface area contributed by atoms with Gasteiger partial charge in [0.25, 0.3) is 0 Å². The minimum absolute atomic E-state index is 0.0785. The summed E-state index contributed by atoms with van der Waals surface area (Å²) in [6.45, 7) is 3.25. The summed E-state index contributed by atoms with van der Waals surface area (Å²) in [7, 11) is -3.67. The number of sulfonamides is 1. The van der Waals surface area contributed by atoms with Crippen molar-refractivity contribution < 1.29 is 13.2 Å². The molecule has 0 bridgehead atoms. The number of rotatable bonds is 4. The van der Waals surface area contributed by atoms with E-state index in [1.165, 1.54) is 6.07 Å². The number of ether oxygens (including phenoxy) is 1. The highest BCUT2D eigenvalue weighted by atomic mass is 35.5. The average molecular weight is 319 g/mol. The van der Waals surface area contributed by atoms with E-state index in [0.29, 0.717) is 26.1 Å². The highest BCUT2D eigenvalue weighted by Gasteiger charge is 2.33. The first-order valence-corrected chi connectivity index (χ1v) is 8.33. The molecule has 0 aliphatic carbocycles. The van der Waals surface area contributed by atoms with Crippen molar-refractivity contribution in [3.8, 4) is 0 Å². The molecule has 7 heteroatoms. The summed E-state index contributed by atoms with van der Waals surface area (Å²) >= 11 is 6.02. The Hall–Kier alpha value is -0.660. The van der Waals surface area contributed by atoms with E-state index in [2.05, 4.69) is 4.72 Å². The van der Waals surface area contributed by atoms with Crippen molar-refractivity contribution in [2.75, 3.05) is 13.2 Å². The molecule has 1 fully saturated rings. The summed E-state index contributed by atoms with van der Waals surface area (Å²) in [5, 5.41) is 0.199. The summed E-state index contributed by atoms with van der Waals surface area (Å²) in [5.74, 6) is 0. The van der Waals surface area contributed by atoms with E-state index >= 15 is 0 Å². The van der Waals surface area contributed by atoms with Crippen LogP contribution in [0, 0.1) is 0 Å². The standard InChI is InChI=1S/C13H19ClN2O3S/c1-13(4-6-19-7-5-13)16-20(17,18)12-8-10(9-15)2-3-11(12)14/h2-3,8,16H,4-7,9,15H2,1H3. The lowest BCUT2D eigenvalue weighted by molar-refractivity contribution is 0.0537. The molecule has 1 heterocycles. The Morgan fingerprint density at radius 2 is 2.05 bits per heavy atom. The van der Waals surface area contributed by atoms with Crippen molar-refractivity contribution >= 4 is 21.6 Å². The Kier molecular flexibility index (Phi) is 4.71. The molecule has 0 radical (unpaired) electrons. The van der Waals surface area contributed by atoms with Gasteiger partial charge in [-0.2, -0.15) is 0 Å². The van der Waals surface area contributed by atoms with Gasteiger partial charge in [-0.15, -0.1) is 0 Å². The highest BCUT2D eigenvalue weighted by molar-refractivity contribution is 7.89. The minimum Gasteiger partial charge on any atom is -0.381 e. The SMILES string of the molecule is CC1(NS(=O)(=O)c2cc(CN)ccc2Cl)CCOCC1. The fourth-order valence-electron chi connectivity index (χ4n) is 2.18. The van der Waals surface area contributed by atoms with Gasteiger partial charge in [-0.25, -0.2) is 13.1 Å². The molecule has 0 saturated carbocycles. The molecule has 0 unspecified atom stereocenters. The van der Waals surface area contributed by atoms with Crippen LogP contribution in [0.25, 0.3) is 0 Å². The normalized spacial score (nSPS) is 18.9. The van der Waals surface area contributed by atoms with Gasteiger partial charge in [-0.05, 0) is 37.5 Å². The molecule has 3 N–H and O–H groups in total. The first kappa shape index (κ1) is 15.7. The predicted molar refractivity (Wildman–Crippen MR) is 78.1 cm³/mol. The molecule has 1 saturated heterocycles. The summed E-state index contributed by atoms with van der Waals surface area (Å²) in [6, 6.07) is 4.80. The largest absolute Gasteiger partial charge is 0.381 e. The predicted octanol–water partition coefficient (Wildman–Crippen LogP) is 1.65. The number of nitrogens with two attached hydrogens (primary N) is 1. The van der Waals surface area contributed by atoms with E-state index in [0.717, 1.165) is 5.56 Å². The van der Waals surface area contributed by atoms with Gasteiger partial charge in [0.05, 0.1) is 5.02 Å². The first-order valence-electron chi connectivity index (χ1n) is 6.46. The van der Waals surface area contributed by atoms with Gasteiger partial charge in [0, 0.05) is 25.3 Å². The maximum absolute atomic E-state index is 12.5. The van der Waals surface area contributed by atoms with Crippen LogP contribution in [-0.4, -0.2) is 27.2 Å². The number of hydrogen-bond acceptors (Lipinski definition) is 4.